The van der Waals surface area contributed by atoms with Crippen molar-refractivity contribution in [3.8, 4) is 0 Å². The molecule has 2 N–H and O–H groups in total. The van der Waals surface area contributed by atoms with Crippen LogP contribution >= 0.6 is 24.0 Å². The molecule has 0 aliphatic rings. The van der Waals surface area contributed by atoms with Crippen molar-refractivity contribution >= 4 is 29.9 Å². The zero-order chi connectivity index (χ0) is 16.9. The summed E-state index contributed by atoms with van der Waals surface area (Å²) < 4.78 is 12.3. The molecule has 1 heterocycles. The van der Waals surface area contributed by atoms with E-state index in [0.717, 1.165) is 63.4 Å². The number of nitrogens with one attached hydrogen (secondary N) is 2. The summed E-state index contributed by atoms with van der Waals surface area (Å²) in [6, 6.07) is 0. The van der Waals surface area contributed by atoms with E-state index in [1.54, 1.807) is 7.11 Å². The van der Waals surface area contributed by atoms with Gasteiger partial charge in [0, 0.05) is 47.1 Å². The van der Waals surface area contributed by atoms with E-state index in [4.69, 9.17) is 9.47 Å². The van der Waals surface area contributed by atoms with Gasteiger partial charge in [-0.25, -0.2) is 4.99 Å². The predicted molar refractivity (Wildman–Crippen MR) is 106 cm³/mol. The summed E-state index contributed by atoms with van der Waals surface area (Å²) in [5.74, 6) is 2.50. The van der Waals surface area contributed by atoms with Gasteiger partial charge in [0.25, 0.3) is 0 Å². The Bertz CT molecular complexity index is 467. The first kappa shape index (κ1) is 23.1. The van der Waals surface area contributed by atoms with Crippen molar-refractivity contribution in [2.45, 2.75) is 33.2 Å². The second-order valence-corrected chi connectivity index (χ2v) is 5.14. The van der Waals surface area contributed by atoms with E-state index in [-0.39, 0.29) is 24.0 Å². The Morgan fingerprint density at radius 3 is 2.38 bits per heavy atom. The lowest BCUT2D eigenvalue weighted by molar-refractivity contribution is 0.145. The highest BCUT2D eigenvalue weighted by molar-refractivity contribution is 14.0. The first-order chi connectivity index (χ1) is 11.2. The van der Waals surface area contributed by atoms with Crippen molar-refractivity contribution < 1.29 is 9.47 Å². The molecule has 0 saturated heterocycles. The second-order valence-electron chi connectivity index (χ2n) is 5.14. The molecule has 0 aliphatic carbocycles. The van der Waals surface area contributed by atoms with Gasteiger partial charge in [-0.2, -0.15) is 0 Å². The molecule has 0 spiro atoms. The van der Waals surface area contributed by atoms with E-state index in [0.29, 0.717) is 6.54 Å². The Kier molecular flexibility index (Phi) is 13.8. The molecule has 0 fully saturated rings. The molecule has 0 atom stereocenters. The third-order valence-electron chi connectivity index (χ3n) is 3.34. The van der Waals surface area contributed by atoms with Gasteiger partial charge in [0.05, 0.1) is 0 Å². The van der Waals surface area contributed by atoms with Gasteiger partial charge in [-0.15, -0.1) is 34.2 Å². The number of guanidine groups is 1. The first-order valence-electron chi connectivity index (χ1n) is 8.12. The minimum atomic E-state index is 0. The molecule has 0 bridgehead atoms. The van der Waals surface area contributed by atoms with Gasteiger partial charge in [0.2, 0.25) is 0 Å². The fraction of sp³-hybridized carbons (Fsp3) is 0.800. The van der Waals surface area contributed by atoms with Crippen LogP contribution < -0.4 is 10.6 Å². The van der Waals surface area contributed by atoms with Crippen LogP contribution in [0, 0.1) is 6.92 Å². The summed E-state index contributed by atoms with van der Waals surface area (Å²) >= 11 is 0. The van der Waals surface area contributed by atoms with Crippen LogP contribution in [0.2, 0.25) is 0 Å². The molecule has 0 unspecified atom stereocenters. The number of ether oxygens (including phenoxy) is 2. The van der Waals surface area contributed by atoms with Crippen molar-refractivity contribution in [1.29, 1.82) is 0 Å². The van der Waals surface area contributed by atoms with Gasteiger partial charge in [0.15, 0.2) is 11.8 Å². The number of halogens is 1. The van der Waals surface area contributed by atoms with Crippen LogP contribution in [0.1, 0.15) is 31.4 Å². The number of rotatable bonds is 11. The number of hydrogen-bond donors (Lipinski definition) is 2. The van der Waals surface area contributed by atoms with E-state index in [1.165, 1.54) is 0 Å². The number of aryl methyl sites for hydroxylation is 1. The Morgan fingerprint density at radius 1 is 1.17 bits per heavy atom. The Balaban J connectivity index is 0.00000529. The molecule has 1 aromatic rings. The normalized spacial score (nSPS) is 11.2. The van der Waals surface area contributed by atoms with Crippen LogP contribution in [0.15, 0.2) is 4.99 Å². The molecule has 0 saturated carbocycles. The standard InChI is InChI=1S/C15H30N6O2.HI/c1-5-23-11-7-9-17-15(16-8-6-10-22-4)18-12-14-20-19-13(2)21(14)3;/h5-12H2,1-4H3,(H2,16,17,18);1H. The van der Waals surface area contributed by atoms with E-state index in [2.05, 4.69) is 25.8 Å². The summed E-state index contributed by atoms with van der Waals surface area (Å²) in [5.41, 5.74) is 0. The van der Waals surface area contributed by atoms with Gasteiger partial charge in [-0.3, -0.25) is 0 Å². The van der Waals surface area contributed by atoms with Crippen molar-refractivity contribution in [3.05, 3.63) is 11.6 Å². The average Bonchev–Trinajstić information content (AvgIpc) is 2.87. The Hall–Kier alpha value is -0.940. The zero-order valence-corrected chi connectivity index (χ0v) is 17.5. The summed E-state index contributed by atoms with van der Waals surface area (Å²) in [7, 11) is 3.65. The molecule has 140 valence electrons. The fourth-order valence-corrected chi connectivity index (χ4v) is 1.86. The van der Waals surface area contributed by atoms with Crippen LogP contribution in [-0.4, -0.2) is 60.7 Å². The number of methoxy groups -OCH3 is 1. The highest BCUT2D eigenvalue weighted by Crippen LogP contribution is 1.99. The topological polar surface area (TPSA) is 85.6 Å². The molecule has 0 radical (unpaired) electrons. The zero-order valence-electron chi connectivity index (χ0n) is 15.2. The van der Waals surface area contributed by atoms with Crippen LogP contribution in [0.25, 0.3) is 0 Å². The largest absolute Gasteiger partial charge is 0.385 e. The lowest BCUT2D eigenvalue weighted by Gasteiger charge is -2.12. The summed E-state index contributed by atoms with van der Waals surface area (Å²) in [6.07, 6.45) is 1.87. The highest BCUT2D eigenvalue weighted by Gasteiger charge is 2.05. The van der Waals surface area contributed by atoms with Crippen LogP contribution in [-0.2, 0) is 23.1 Å². The molecule has 24 heavy (non-hydrogen) atoms. The minimum Gasteiger partial charge on any atom is -0.385 e. The maximum atomic E-state index is 5.34. The summed E-state index contributed by atoms with van der Waals surface area (Å²) in [5, 5.41) is 14.8. The number of nitrogens with zero attached hydrogens (tertiary/aromatic N) is 4. The number of aromatic nitrogens is 3. The number of aliphatic imine (C=N–C) groups is 1. The Morgan fingerprint density at radius 2 is 1.83 bits per heavy atom. The fourth-order valence-electron chi connectivity index (χ4n) is 1.86. The maximum Gasteiger partial charge on any atom is 0.191 e. The van der Waals surface area contributed by atoms with Gasteiger partial charge in [-0.1, -0.05) is 0 Å². The van der Waals surface area contributed by atoms with Gasteiger partial charge < -0.3 is 24.7 Å². The predicted octanol–water partition coefficient (Wildman–Crippen LogP) is 1.24. The van der Waals surface area contributed by atoms with Crippen molar-refractivity contribution in [2.75, 3.05) is 40.0 Å². The van der Waals surface area contributed by atoms with Crippen molar-refractivity contribution in [3.63, 3.8) is 0 Å². The molecule has 0 amide bonds. The van der Waals surface area contributed by atoms with Crippen molar-refractivity contribution in [2.24, 2.45) is 12.0 Å². The van der Waals surface area contributed by atoms with Gasteiger partial charge in [0.1, 0.15) is 12.4 Å². The van der Waals surface area contributed by atoms with Crippen LogP contribution in [0.4, 0.5) is 0 Å². The molecular weight excluding hydrogens is 423 g/mol. The quantitative estimate of drug-likeness (QED) is 0.227. The second kappa shape index (κ2) is 14.4. The van der Waals surface area contributed by atoms with E-state index in [9.17, 15) is 0 Å². The summed E-state index contributed by atoms with van der Waals surface area (Å²) in [4.78, 5) is 4.57. The monoisotopic (exact) mass is 454 g/mol. The lowest BCUT2D eigenvalue weighted by atomic mass is 10.4. The molecule has 1 aromatic heterocycles. The van der Waals surface area contributed by atoms with Crippen LogP contribution in [0.5, 0.6) is 0 Å². The smallest absolute Gasteiger partial charge is 0.191 e. The SMILES string of the molecule is CCOCCCNC(=NCc1nnc(C)n1C)NCCCOC.I. The average molecular weight is 454 g/mol. The number of hydrogen-bond acceptors (Lipinski definition) is 5. The minimum absolute atomic E-state index is 0. The van der Waals surface area contributed by atoms with E-state index < -0.39 is 0 Å². The lowest BCUT2D eigenvalue weighted by Crippen LogP contribution is -2.39. The van der Waals surface area contributed by atoms with Gasteiger partial charge >= 0.3 is 0 Å². The highest BCUT2D eigenvalue weighted by atomic mass is 127. The van der Waals surface area contributed by atoms with E-state index >= 15 is 0 Å². The third-order valence-corrected chi connectivity index (χ3v) is 3.34. The molecular formula is C15H31IN6O2. The van der Waals surface area contributed by atoms with Gasteiger partial charge in [-0.05, 0) is 26.7 Å². The molecule has 8 nitrogen and oxygen atoms in total. The van der Waals surface area contributed by atoms with Crippen molar-refractivity contribution in [1.82, 2.24) is 25.4 Å². The van der Waals surface area contributed by atoms with E-state index in [1.807, 2.05) is 25.5 Å². The maximum absolute atomic E-state index is 5.34. The Labute approximate surface area is 161 Å². The molecule has 1 rings (SSSR count). The summed E-state index contributed by atoms with van der Waals surface area (Å²) in [6.45, 7) is 8.27. The third kappa shape index (κ3) is 9.38. The molecule has 0 aromatic carbocycles. The van der Waals surface area contributed by atoms with Crippen LogP contribution in [0.3, 0.4) is 0 Å². The molecule has 9 heteroatoms. The molecule has 0 aliphatic heterocycles. The first-order valence-corrected chi connectivity index (χ1v) is 8.12.